The number of hydrogen-bond acceptors (Lipinski definition) is 3. The average Bonchev–Trinajstić information content (AvgIpc) is 2.69. The molecule has 156 valence electrons. The molecule has 7 heteroatoms. The monoisotopic (exact) mass is 436 g/mol. The summed E-state index contributed by atoms with van der Waals surface area (Å²) in [6, 6.07) is 18.0. The molecule has 0 aliphatic carbocycles. The van der Waals surface area contributed by atoms with Crippen molar-refractivity contribution in [2.24, 2.45) is 0 Å². The molecule has 2 N–H and O–H groups in total. The zero-order chi connectivity index (χ0) is 18.6. The van der Waals surface area contributed by atoms with E-state index in [0.29, 0.717) is 11.3 Å². The second kappa shape index (κ2) is 10.6. The summed E-state index contributed by atoms with van der Waals surface area (Å²) in [6.45, 7) is 6.47. The third-order valence-electron chi connectivity index (χ3n) is 5.44. The quantitative estimate of drug-likeness (QED) is 0.392. The summed E-state index contributed by atoms with van der Waals surface area (Å²) >= 11 is 0. The Labute approximate surface area is 183 Å². The number of benzene rings is 2. The Hall–Kier alpha value is -2.05. The van der Waals surface area contributed by atoms with Crippen molar-refractivity contribution in [1.29, 1.82) is 0 Å². The number of nitrogens with one attached hydrogen (secondary N) is 2. The molecule has 0 unspecified atom stereocenters. The molecule has 0 spiro atoms. The second-order valence-electron chi connectivity index (χ2n) is 7.29. The number of rotatable bonds is 5. The summed E-state index contributed by atoms with van der Waals surface area (Å²) < 4.78 is 10.6. The molecule has 2 aromatic carbocycles. The number of halogens is 2. The van der Waals surface area contributed by atoms with E-state index in [9.17, 15) is 4.79 Å². The lowest BCUT2D eigenvalue weighted by molar-refractivity contribution is -1.02. The van der Waals surface area contributed by atoms with Gasteiger partial charge in [0.2, 0.25) is 0 Å². The summed E-state index contributed by atoms with van der Waals surface area (Å²) in [5, 5.41) is 1.00. The predicted molar refractivity (Wildman–Crippen MR) is 104 cm³/mol. The fourth-order valence-electron chi connectivity index (χ4n) is 3.95. The first-order valence-electron chi connectivity index (χ1n) is 9.53. The van der Waals surface area contributed by atoms with Gasteiger partial charge in [0.05, 0.1) is 7.11 Å². The van der Waals surface area contributed by atoms with Crippen LogP contribution in [0.3, 0.4) is 0 Å². The summed E-state index contributed by atoms with van der Waals surface area (Å²) in [6.07, 6.45) is 0. The molecule has 5 nitrogen and oxygen atoms in total. The molecule has 0 saturated carbocycles. The van der Waals surface area contributed by atoms with Crippen LogP contribution in [0.1, 0.15) is 11.1 Å². The van der Waals surface area contributed by atoms with Gasteiger partial charge in [0.15, 0.2) is 0 Å². The van der Waals surface area contributed by atoms with Gasteiger partial charge in [-0.3, -0.25) is 0 Å². The third kappa shape index (κ3) is 5.73. The lowest BCUT2D eigenvalue weighted by Gasteiger charge is -2.30. The van der Waals surface area contributed by atoms with Gasteiger partial charge in [0, 0.05) is 28.6 Å². The van der Waals surface area contributed by atoms with E-state index in [2.05, 4.69) is 30.3 Å². The van der Waals surface area contributed by atoms with E-state index >= 15 is 0 Å². The van der Waals surface area contributed by atoms with Gasteiger partial charge >= 0.3 is 5.63 Å². The minimum Gasteiger partial charge on any atom is -1.00 e. The lowest BCUT2D eigenvalue weighted by Crippen LogP contribution is -3.27. The maximum Gasteiger partial charge on any atom is 0.336 e. The fraction of sp³-hybridized carbons (Fsp3) is 0.318. The van der Waals surface area contributed by atoms with Gasteiger partial charge in [-0.15, -0.1) is 0 Å². The van der Waals surface area contributed by atoms with Crippen LogP contribution in [0.25, 0.3) is 11.0 Å². The number of piperazine rings is 1. The van der Waals surface area contributed by atoms with E-state index in [1.165, 1.54) is 10.5 Å². The third-order valence-corrected chi connectivity index (χ3v) is 5.44. The molecule has 1 aliphatic heterocycles. The number of quaternary nitrogens is 2. The predicted octanol–water partition coefficient (Wildman–Crippen LogP) is -5.71. The first kappa shape index (κ1) is 23.2. The van der Waals surface area contributed by atoms with E-state index in [-0.39, 0.29) is 30.4 Å². The van der Waals surface area contributed by atoms with Crippen LogP contribution in [0.4, 0.5) is 0 Å². The molecule has 0 bridgehead atoms. The van der Waals surface area contributed by atoms with Crippen LogP contribution in [-0.4, -0.2) is 33.3 Å². The molecule has 4 rings (SSSR count). The van der Waals surface area contributed by atoms with Crippen molar-refractivity contribution in [3.05, 3.63) is 76.1 Å². The Kier molecular flexibility index (Phi) is 8.53. The largest absolute Gasteiger partial charge is 1.00 e. The first-order chi connectivity index (χ1) is 13.2. The van der Waals surface area contributed by atoms with Gasteiger partial charge in [-0.1, -0.05) is 30.3 Å². The molecule has 29 heavy (non-hydrogen) atoms. The van der Waals surface area contributed by atoms with Crippen LogP contribution >= 0.6 is 0 Å². The van der Waals surface area contributed by atoms with E-state index < -0.39 is 0 Å². The van der Waals surface area contributed by atoms with E-state index in [4.69, 9.17) is 9.15 Å². The summed E-state index contributed by atoms with van der Waals surface area (Å²) in [5.41, 5.74) is 2.77. The highest BCUT2D eigenvalue weighted by Gasteiger charge is 2.24. The molecule has 1 aromatic heterocycles. The minimum absolute atomic E-state index is 0. The highest BCUT2D eigenvalue weighted by atomic mass is 35.5. The van der Waals surface area contributed by atoms with Crippen molar-refractivity contribution < 1.29 is 43.8 Å². The van der Waals surface area contributed by atoms with Crippen molar-refractivity contribution in [3.8, 4) is 5.75 Å². The van der Waals surface area contributed by atoms with E-state index in [0.717, 1.165) is 50.2 Å². The van der Waals surface area contributed by atoms with E-state index in [1.807, 2.05) is 12.1 Å². The van der Waals surface area contributed by atoms with Crippen LogP contribution in [0.2, 0.25) is 0 Å². The van der Waals surface area contributed by atoms with Crippen molar-refractivity contribution in [1.82, 2.24) is 0 Å². The summed E-state index contributed by atoms with van der Waals surface area (Å²) in [5.74, 6) is 0.702. The fourth-order valence-corrected chi connectivity index (χ4v) is 3.95. The van der Waals surface area contributed by atoms with Crippen LogP contribution in [-0.2, 0) is 13.1 Å². The molecule has 1 fully saturated rings. The molecule has 1 saturated heterocycles. The molecular formula is C22H26Cl2N2O3. The van der Waals surface area contributed by atoms with Gasteiger partial charge in [-0.25, -0.2) is 4.79 Å². The van der Waals surface area contributed by atoms with Crippen molar-refractivity contribution >= 4 is 11.0 Å². The highest BCUT2D eigenvalue weighted by molar-refractivity contribution is 5.81. The van der Waals surface area contributed by atoms with Crippen molar-refractivity contribution in [3.63, 3.8) is 0 Å². The topological polar surface area (TPSA) is 48.3 Å². The summed E-state index contributed by atoms with van der Waals surface area (Å²) in [7, 11) is 1.62. The Morgan fingerprint density at radius 2 is 1.55 bits per heavy atom. The minimum atomic E-state index is -0.293. The maximum atomic E-state index is 12.0. The highest BCUT2D eigenvalue weighted by Crippen LogP contribution is 2.22. The van der Waals surface area contributed by atoms with Crippen LogP contribution in [0.5, 0.6) is 5.75 Å². The summed E-state index contributed by atoms with van der Waals surface area (Å²) in [4.78, 5) is 15.1. The van der Waals surface area contributed by atoms with Crippen LogP contribution < -0.4 is 45.0 Å². The second-order valence-corrected chi connectivity index (χ2v) is 7.29. The standard InChI is InChI=1S/C22H24N2O3.2ClH/c1-26-19-7-8-20-18(13-22(25)27-21(20)14-19)16-24-11-9-23(10-12-24)15-17-5-3-2-4-6-17;;/h2-8,13-14H,9-12,15-16H2,1H3;2*1H. The SMILES string of the molecule is COc1ccc2c(C[NH+]3CC[NH+](Cc4ccccc4)CC3)cc(=O)oc2c1.[Cl-].[Cl-]. The molecule has 0 amide bonds. The Balaban J connectivity index is 0.00000150. The van der Waals surface area contributed by atoms with Gasteiger partial charge in [0.1, 0.15) is 50.6 Å². The molecule has 0 radical (unpaired) electrons. The Bertz CT molecular complexity index is 971. The normalized spacial score (nSPS) is 18.5. The average molecular weight is 437 g/mol. The van der Waals surface area contributed by atoms with Gasteiger partial charge < -0.3 is 43.8 Å². The van der Waals surface area contributed by atoms with Gasteiger partial charge in [-0.2, -0.15) is 0 Å². The van der Waals surface area contributed by atoms with Crippen LogP contribution in [0, 0.1) is 0 Å². The number of ether oxygens (including phenoxy) is 1. The number of methoxy groups -OCH3 is 1. The first-order valence-corrected chi connectivity index (χ1v) is 9.53. The molecule has 2 heterocycles. The maximum absolute atomic E-state index is 12.0. The smallest absolute Gasteiger partial charge is 0.336 e. The van der Waals surface area contributed by atoms with Crippen LogP contribution in [0.15, 0.2) is 63.8 Å². The molecule has 1 aliphatic rings. The zero-order valence-electron chi connectivity index (χ0n) is 16.4. The molecule has 0 atom stereocenters. The number of fused-ring (bicyclic) bond motifs is 1. The van der Waals surface area contributed by atoms with Gasteiger partial charge in [0.25, 0.3) is 0 Å². The number of hydrogen-bond donors (Lipinski definition) is 2. The Morgan fingerprint density at radius 3 is 2.21 bits per heavy atom. The van der Waals surface area contributed by atoms with E-state index in [1.54, 1.807) is 24.1 Å². The molecule has 3 aromatic rings. The van der Waals surface area contributed by atoms with Crippen molar-refractivity contribution in [2.45, 2.75) is 13.1 Å². The van der Waals surface area contributed by atoms with Gasteiger partial charge in [-0.05, 0) is 12.1 Å². The Morgan fingerprint density at radius 1 is 0.897 bits per heavy atom. The molecular weight excluding hydrogens is 411 g/mol. The van der Waals surface area contributed by atoms with Crippen molar-refractivity contribution in [2.75, 3.05) is 33.3 Å². The zero-order valence-corrected chi connectivity index (χ0v) is 17.9. The lowest BCUT2D eigenvalue weighted by atomic mass is 10.1.